The van der Waals surface area contributed by atoms with Gasteiger partial charge in [-0.05, 0) is 72.5 Å². The standard InChI is InChI=1S/C26H43N3.ClH/c1-25(2)16-21(17-26(3,4)19-25)23-10-9-22(27(5)6)15-24(23)29-13-11-28(12-14-29)18-20-7-8-20;/h9-10,15,20-21H,7-8,11-14,16-19H2,1-6H3;1H. The molecule has 2 aliphatic carbocycles. The molecule has 1 aromatic carbocycles. The molecular weight excluding hydrogens is 390 g/mol. The summed E-state index contributed by atoms with van der Waals surface area (Å²) in [6.07, 6.45) is 6.88. The highest BCUT2D eigenvalue weighted by Gasteiger charge is 2.40. The van der Waals surface area contributed by atoms with Gasteiger partial charge in [-0.3, -0.25) is 4.90 Å². The lowest BCUT2D eigenvalue weighted by atomic mass is 9.60. The zero-order valence-corrected chi connectivity index (χ0v) is 21.0. The first-order valence-electron chi connectivity index (χ1n) is 11.9. The van der Waals surface area contributed by atoms with Crippen LogP contribution in [0.4, 0.5) is 11.4 Å². The maximum atomic E-state index is 2.70. The van der Waals surface area contributed by atoms with E-state index >= 15 is 0 Å². The van der Waals surface area contributed by atoms with Gasteiger partial charge in [-0.15, -0.1) is 12.4 Å². The van der Waals surface area contributed by atoms with Crippen molar-refractivity contribution in [2.24, 2.45) is 16.7 Å². The number of anilines is 2. The maximum absolute atomic E-state index is 2.70. The second kappa shape index (κ2) is 8.90. The minimum Gasteiger partial charge on any atom is -0.378 e. The van der Waals surface area contributed by atoms with Crippen LogP contribution in [0.1, 0.15) is 71.3 Å². The van der Waals surface area contributed by atoms with Crippen LogP contribution in [0.2, 0.25) is 0 Å². The third-order valence-electron chi connectivity index (χ3n) is 7.45. The molecule has 0 aromatic heterocycles. The Balaban J connectivity index is 0.00000256. The lowest BCUT2D eigenvalue weighted by Crippen LogP contribution is -2.47. The van der Waals surface area contributed by atoms with Gasteiger partial charge in [0.25, 0.3) is 0 Å². The van der Waals surface area contributed by atoms with E-state index in [1.54, 1.807) is 5.56 Å². The smallest absolute Gasteiger partial charge is 0.0423 e. The molecule has 3 nitrogen and oxygen atoms in total. The predicted octanol–water partition coefficient (Wildman–Crippen LogP) is 6.03. The summed E-state index contributed by atoms with van der Waals surface area (Å²) in [6, 6.07) is 7.28. The van der Waals surface area contributed by atoms with Crippen LogP contribution in [-0.4, -0.2) is 51.7 Å². The minimum absolute atomic E-state index is 0. The third-order valence-corrected chi connectivity index (χ3v) is 7.45. The molecule has 0 amide bonds. The van der Waals surface area contributed by atoms with E-state index in [1.807, 2.05) is 0 Å². The van der Waals surface area contributed by atoms with Gasteiger partial charge >= 0.3 is 0 Å². The molecule has 4 heteroatoms. The number of benzene rings is 1. The van der Waals surface area contributed by atoms with E-state index in [-0.39, 0.29) is 12.4 Å². The molecule has 170 valence electrons. The number of piperazine rings is 1. The summed E-state index contributed by atoms with van der Waals surface area (Å²) in [5.41, 5.74) is 5.30. The molecule has 0 spiro atoms. The monoisotopic (exact) mass is 433 g/mol. The van der Waals surface area contributed by atoms with Crippen molar-refractivity contribution < 1.29 is 0 Å². The van der Waals surface area contributed by atoms with Gasteiger partial charge in [-0.25, -0.2) is 0 Å². The number of rotatable bonds is 5. The van der Waals surface area contributed by atoms with Crippen LogP contribution < -0.4 is 9.80 Å². The average molecular weight is 434 g/mol. The van der Waals surface area contributed by atoms with E-state index in [0.29, 0.717) is 16.7 Å². The van der Waals surface area contributed by atoms with Crippen LogP contribution in [-0.2, 0) is 0 Å². The van der Waals surface area contributed by atoms with Crippen molar-refractivity contribution in [2.45, 2.75) is 65.7 Å². The molecule has 1 aliphatic heterocycles. The van der Waals surface area contributed by atoms with Crippen LogP contribution in [0.25, 0.3) is 0 Å². The number of hydrogen-bond donors (Lipinski definition) is 0. The highest BCUT2D eigenvalue weighted by atomic mass is 35.5. The van der Waals surface area contributed by atoms with Gasteiger partial charge in [0, 0.05) is 58.2 Å². The van der Waals surface area contributed by atoms with Crippen LogP contribution >= 0.6 is 12.4 Å². The summed E-state index contributed by atoms with van der Waals surface area (Å²) in [4.78, 5) is 7.65. The van der Waals surface area contributed by atoms with E-state index in [1.165, 1.54) is 76.2 Å². The third kappa shape index (κ3) is 5.65. The fraction of sp³-hybridized carbons (Fsp3) is 0.769. The van der Waals surface area contributed by atoms with Gasteiger partial charge in [0.15, 0.2) is 0 Å². The first-order valence-corrected chi connectivity index (χ1v) is 11.9. The normalized spacial score (nSPS) is 24.4. The summed E-state index contributed by atoms with van der Waals surface area (Å²) in [5, 5.41) is 0. The zero-order valence-electron chi connectivity index (χ0n) is 20.2. The average Bonchev–Trinajstić information content (AvgIpc) is 3.43. The lowest BCUT2D eigenvalue weighted by molar-refractivity contribution is 0.0970. The van der Waals surface area contributed by atoms with Gasteiger partial charge < -0.3 is 9.80 Å². The Labute approximate surface area is 191 Å². The second-order valence-corrected chi connectivity index (χ2v) is 12.0. The van der Waals surface area contributed by atoms with Gasteiger partial charge in [-0.1, -0.05) is 33.8 Å². The van der Waals surface area contributed by atoms with Crippen molar-refractivity contribution in [3.63, 3.8) is 0 Å². The second-order valence-electron chi connectivity index (χ2n) is 12.0. The Kier molecular flexibility index (Phi) is 7.04. The summed E-state index contributed by atoms with van der Waals surface area (Å²) < 4.78 is 0. The fourth-order valence-corrected chi connectivity index (χ4v) is 6.33. The molecular formula is C26H44ClN3. The van der Waals surface area contributed by atoms with Crippen molar-refractivity contribution in [3.05, 3.63) is 23.8 Å². The lowest BCUT2D eigenvalue weighted by Gasteiger charge is -2.46. The molecule has 1 aromatic rings. The predicted molar refractivity (Wildman–Crippen MR) is 134 cm³/mol. The topological polar surface area (TPSA) is 9.72 Å². The molecule has 0 N–H and O–H groups in total. The van der Waals surface area contributed by atoms with Crippen LogP contribution in [0, 0.1) is 16.7 Å². The van der Waals surface area contributed by atoms with Gasteiger partial charge in [0.2, 0.25) is 0 Å². The first kappa shape index (κ1) is 23.7. The van der Waals surface area contributed by atoms with Crippen molar-refractivity contribution in [2.75, 3.05) is 56.6 Å². The molecule has 4 rings (SSSR count). The Bertz CT molecular complexity index is 699. The van der Waals surface area contributed by atoms with E-state index in [0.717, 1.165) is 5.92 Å². The molecule has 1 heterocycles. The maximum Gasteiger partial charge on any atom is 0.0423 e. The number of nitrogens with zero attached hydrogens (tertiary/aromatic N) is 3. The summed E-state index contributed by atoms with van der Waals surface area (Å²) in [7, 11) is 4.33. The van der Waals surface area contributed by atoms with E-state index < -0.39 is 0 Å². The van der Waals surface area contributed by atoms with Crippen molar-refractivity contribution >= 4 is 23.8 Å². The van der Waals surface area contributed by atoms with E-state index in [4.69, 9.17) is 0 Å². The van der Waals surface area contributed by atoms with Gasteiger partial charge in [0.05, 0.1) is 0 Å². The van der Waals surface area contributed by atoms with Crippen LogP contribution in [0.15, 0.2) is 18.2 Å². The molecule has 0 bridgehead atoms. The van der Waals surface area contributed by atoms with Gasteiger partial charge in [-0.2, -0.15) is 0 Å². The highest BCUT2D eigenvalue weighted by Crippen LogP contribution is 2.53. The molecule has 0 atom stereocenters. The number of hydrogen-bond acceptors (Lipinski definition) is 3. The summed E-state index contributed by atoms with van der Waals surface area (Å²) >= 11 is 0. The zero-order chi connectivity index (χ0) is 20.8. The first-order chi connectivity index (χ1) is 13.6. The molecule has 0 radical (unpaired) electrons. The Morgan fingerprint density at radius 2 is 1.53 bits per heavy atom. The summed E-state index contributed by atoms with van der Waals surface area (Å²) in [5.74, 6) is 1.67. The van der Waals surface area contributed by atoms with Gasteiger partial charge in [0.1, 0.15) is 0 Å². The Morgan fingerprint density at radius 1 is 0.933 bits per heavy atom. The highest BCUT2D eigenvalue weighted by molar-refractivity contribution is 5.85. The SMILES string of the molecule is CN(C)c1ccc(C2CC(C)(C)CC(C)(C)C2)c(N2CCN(CC3CC3)CC2)c1.Cl. The molecule has 2 saturated carbocycles. The van der Waals surface area contributed by atoms with E-state index in [2.05, 4.69) is 74.7 Å². The number of halogens is 1. The molecule has 3 aliphatic rings. The van der Waals surface area contributed by atoms with Crippen LogP contribution in [0.5, 0.6) is 0 Å². The molecule has 3 fully saturated rings. The molecule has 0 unspecified atom stereocenters. The Hall–Kier alpha value is -0.930. The fourth-order valence-electron chi connectivity index (χ4n) is 6.33. The van der Waals surface area contributed by atoms with Crippen molar-refractivity contribution in [1.29, 1.82) is 0 Å². The largest absolute Gasteiger partial charge is 0.378 e. The quantitative estimate of drug-likeness (QED) is 0.561. The van der Waals surface area contributed by atoms with Crippen molar-refractivity contribution in [1.82, 2.24) is 4.90 Å². The Morgan fingerprint density at radius 3 is 2.07 bits per heavy atom. The molecule has 30 heavy (non-hydrogen) atoms. The summed E-state index contributed by atoms with van der Waals surface area (Å²) in [6.45, 7) is 16.1. The van der Waals surface area contributed by atoms with Crippen molar-refractivity contribution in [3.8, 4) is 0 Å². The molecule has 1 saturated heterocycles. The van der Waals surface area contributed by atoms with Crippen LogP contribution in [0.3, 0.4) is 0 Å². The van der Waals surface area contributed by atoms with E-state index in [9.17, 15) is 0 Å². The minimum atomic E-state index is 0.